The fourth-order valence-corrected chi connectivity index (χ4v) is 2.40. The molecule has 20 heavy (non-hydrogen) atoms. The molecule has 1 unspecified atom stereocenters. The van der Waals surface area contributed by atoms with E-state index in [0.29, 0.717) is 17.3 Å². The number of nitrogens with zero attached hydrogens (tertiary/aromatic N) is 1. The molecule has 5 nitrogen and oxygen atoms in total. The molecule has 1 aromatic heterocycles. The first-order chi connectivity index (χ1) is 9.60. The number of nitrogens with one attached hydrogen (secondary N) is 2. The van der Waals surface area contributed by atoms with Gasteiger partial charge in [0.1, 0.15) is 11.9 Å². The van der Waals surface area contributed by atoms with Crippen molar-refractivity contribution in [3.05, 3.63) is 29.0 Å². The molecule has 1 heterocycles. The molecule has 0 spiro atoms. The summed E-state index contributed by atoms with van der Waals surface area (Å²) in [6, 6.07) is 5.36. The number of H-pyrrole nitrogens is 1. The summed E-state index contributed by atoms with van der Waals surface area (Å²) in [5.41, 5.74) is 1.62. The zero-order valence-corrected chi connectivity index (χ0v) is 12.6. The maximum Gasteiger partial charge on any atom is 0.249 e. The summed E-state index contributed by atoms with van der Waals surface area (Å²) in [4.78, 5) is 19.1. The molecule has 0 aliphatic carbocycles. The van der Waals surface area contributed by atoms with Crippen LogP contribution in [0, 0.1) is 0 Å². The Hall–Kier alpha value is -1.24. The number of rotatable bonds is 6. The van der Waals surface area contributed by atoms with E-state index in [1.54, 1.807) is 23.9 Å². The van der Waals surface area contributed by atoms with Crippen molar-refractivity contribution < 1.29 is 9.90 Å². The molecule has 0 aliphatic heterocycles. The number of amides is 1. The SMILES string of the molecule is CSCCC(O)C(=O)NCc1nc2ccc(Cl)cc2[nH]1. The Kier molecular flexibility index (Phi) is 5.28. The average molecular weight is 314 g/mol. The van der Waals surface area contributed by atoms with Crippen molar-refractivity contribution in [1.82, 2.24) is 15.3 Å². The number of aromatic amines is 1. The van der Waals surface area contributed by atoms with Gasteiger partial charge in [0.15, 0.2) is 0 Å². The van der Waals surface area contributed by atoms with E-state index in [9.17, 15) is 9.90 Å². The third kappa shape index (κ3) is 3.88. The predicted octanol–water partition coefficient (Wildman–Crippen LogP) is 1.95. The third-order valence-corrected chi connectivity index (χ3v) is 3.70. The number of aliphatic hydroxyl groups excluding tert-OH is 1. The lowest BCUT2D eigenvalue weighted by molar-refractivity contribution is -0.129. The molecule has 2 aromatic rings. The zero-order valence-electron chi connectivity index (χ0n) is 11.0. The van der Waals surface area contributed by atoms with Crippen molar-refractivity contribution in [2.45, 2.75) is 19.1 Å². The van der Waals surface area contributed by atoms with Gasteiger partial charge in [0, 0.05) is 5.02 Å². The molecule has 1 atom stereocenters. The minimum absolute atomic E-state index is 0.251. The molecule has 1 aromatic carbocycles. The molecule has 0 bridgehead atoms. The summed E-state index contributed by atoms with van der Waals surface area (Å²) >= 11 is 7.49. The standard InChI is InChI=1S/C13H16ClN3O2S/c1-20-5-4-11(18)13(19)15-7-12-16-9-3-2-8(14)6-10(9)17-12/h2-3,6,11,18H,4-5,7H2,1H3,(H,15,19)(H,16,17). The van der Waals surface area contributed by atoms with Crippen molar-refractivity contribution in [1.29, 1.82) is 0 Å². The van der Waals surface area contributed by atoms with Gasteiger partial charge in [-0.25, -0.2) is 4.98 Å². The van der Waals surface area contributed by atoms with Gasteiger partial charge in [-0.15, -0.1) is 0 Å². The van der Waals surface area contributed by atoms with Crippen LogP contribution in [0.2, 0.25) is 5.02 Å². The lowest BCUT2D eigenvalue weighted by Crippen LogP contribution is -2.34. The van der Waals surface area contributed by atoms with Crippen LogP contribution in [-0.2, 0) is 11.3 Å². The smallest absolute Gasteiger partial charge is 0.249 e. The largest absolute Gasteiger partial charge is 0.383 e. The molecule has 0 aliphatic rings. The van der Waals surface area contributed by atoms with Crippen LogP contribution in [-0.4, -0.2) is 39.1 Å². The summed E-state index contributed by atoms with van der Waals surface area (Å²) in [6.45, 7) is 0.251. The number of thioether (sulfide) groups is 1. The highest BCUT2D eigenvalue weighted by atomic mass is 35.5. The van der Waals surface area contributed by atoms with Gasteiger partial charge in [-0.1, -0.05) is 11.6 Å². The lowest BCUT2D eigenvalue weighted by Gasteiger charge is -2.09. The second kappa shape index (κ2) is 6.97. The molecule has 0 saturated heterocycles. The summed E-state index contributed by atoms with van der Waals surface area (Å²) in [5, 5.41) is 12.9. The van der Waals surface area contributed by atoms with E-state index in [2.05, 4.69) is 15.3 Å². The van der Waals surface area contributed by atoms with Crippen molar-refractivity contribution in [2.75, 3.05) is 12.0 Å². The number of benzene rings is 1. The number of halogens is 1. The Labute approximate surface area is 126 Å². The number of hydrogen-bond acceptors (Lipinski definition) is 4. The van der Waals surface area contributed by atoms with Crippen molar-refractivity contribution >= 4 is 40.3 Å². The molecule has 7 heteroatoms. The Balaban J connectivity index is 1.93. The van der Waals surface area contributed by atoms with Gasteiger partial charge in [0.05, 0.1) is 17.6 Å². The van der Waals surface area contributed by atoms with Crippen molar-refractivity contribution in [3.8, 4) is 0 Å². The van der Waals surface area contributed by atoms with E-state index in [1.807, 2.05) is 12.3 Å². The highest BCUT2D eigenvalue weighted by Gasteiger charge is 2.14. The molecule has 0 saturated carbocycles. The highest BCUT2D eigenvalue weighted by Crippen LogP contribution is 2.17. The number of hydrogen-bond donors (Lipinski definition) is 3. The van der Waals surface area contributed by atoms with Gasteiger partial charge in [-0.2, -0.15) is 11.8 Å². The lowest BCUT2D eigenvalue weighted by atomic mass is 10.2. The highest BCUT2D eigenvalue weighted by molar-refractivity contribution is 7.98. The van der Waals surface area contributed by atoms with Crippen molar-refractivity contribution in [3.63, 3.8) is 0 Å². The maximum atomic E-state index is 11.7. The van der Waals surface area contributed by atoms with Gasteiger partial charge in [0.25, 0.3) is 0 Å². The molecule has 2 rings (SSSR count). The molecular weight excluding hydrogens is 298 g/mol. The van der Waals surface area contributed by atoms with E-state index >= 15 is 0 Å². The molecular formula is C13H16ClN3O2S. The number of imidazole rings is 1. The predicted molar refractivity (Wildman–Crippen MR) is 82.0 cm³/mol. The number of fused-ring (bicyclic) bond motifs is 1. The van der Waals surface area contributed by atoms with Crippen molar-refractivity contribution in [2.24, 2.45) is 0 Å². The number of aromatic nitrogens is 2. The van der Waals surface area contributed by atoms with Gasteiger partial charge in [-0.05, 0) is 36.6 Å². The second-order valence-electron chi connectivity index (χ2n) is 4.36. The van der Waals surface area contributed by atoms with Crippen LogP contribution < -0.4 is 5.32 Å². The second-order valence-corrected chi connectivity index (χ2v) is 5.78. The first kappa shape index (κ1) is 15.2. The molecule has 3 N–H and O–H groups in total. The number of aliphatic hydroxyl groups is 1. The number of carbonyl (C=O) groups is 1. The van der Waals surface area contributed by atoms with Gasteiger partial charge >= 0.3 is 0 Å². The van der Waals surface area contributed by atoms with E-state index < -0.39 is 6.10 Å². The first-order valence-electron chi connectivity index (χ1n) is 6.19. The third-order valence-electron chi connectivity index (χ3n) is 2.82. The summed E-state index contributed by atoms with van der Waals surface area (Å²) in [5.74, 6) is 1.00. The minimum atomic E-state index is -0.971. The van der Waals surface area contributed by atoms with Crippen LogP contribution >= 0.6 is 23.4 Å². The van der Waals surface area contributed by atoms with Gasteiger partial charge in [-0.3, -0.25) is 4.79 Å². The quantitative estimate of drug-likeness (QED) is 0.761. The van der Waals surface area contributed by atoms with Crippen LogP contribution in [0.15, 0.2) is 18.2 Å². The van der Waals surface area contributed by atoms with E-state index in [1.165, 1.54) is 0 Å². The number of carbonyl (C=O) groups excluding carboxylic acids is 1. The van der Waals surface area contributed by atoms with Gasteiger partial charge in [0.2, 0.25) is 5.91 Å². The van der Waals surface area contributed by atoms with Crippen LogP contribution in [0.3, 0.4) is 0 Å². The summed E-state index contributed by atoms with van der Waals surface area (Å²) < 4.78 is 0. The topological polar surface area (TPSA) is 78.0 Å². The van der Waals surface area contributed by atoms with Crippen LogP contribution in [0.1, 0.15) is 12.2 Å². The average Bonchev–Trinajstić information content (AvgIpc) is 2.83. The maximum absolute atomic E-state index is 11.7. The Morgan fingerprint density at radius 1 is 1.60 bits per heavy atom. The van der Waals surface area contributed by atoms with Gasteiger partial charge < -0.3 is 15.4 Å². The zero-order chi connectivity index (χ0) is 14.5. The van der Waals surface area contributed by atoms with Crippen LogP contribution in [0.5, 0.6) is 0 Å². The Morgan fingerprint density at radius 2 is 2.40 bits per heavy atom. The summed E-state index contributed by atoms with van der Waals surface area (Å²) in [6.07, 6.45) is 1.41. The Bertz CT molecular complexity index is 602. The molecule has 1 amide bonds. The molecule has 108 valence electrons. The summed E-state index contributed by atoms with van der Waals surface area (Å²) in [7, 11) is 0. The van der Waals surface area contributed by atoms with E-state index in [4.69, 9.17) is 11.6 Å². The van der Waals surface area contributed by atoms with E-state index in [-0.39, 0.29) is 12.5 Å². The molecule has 0 radical (unpaired) electrons. The fraction of sp³-hybridized carbons (Fsp3) is 0.385. The van der Waals surface area contributed by atoms with Crippen LogP contribution in [0.4, 0.5) is 0 Å². The monoisotopic (exact) mass is 313 g/mol. The fourth-order valence-electron chi connectivity index (χ4n) is 1.77. The molecule has 0 fully saturated rings. The van der Waals surface area contributed by atoms with Crippen LogP contribution in [0.25, 0.3) is 11.0 Å². The Morgan fingerprint density at radius 3 is 3.15 bits per heavy atom. The van der Waals surface area contributed by atoms with E-state index in [0.717, 1.165) is 16.8 Å². The minimum Gasteiger partial charge on any atom is -0.383 e. The first-order valence-corrected chi connectivity index (χ1v) is 7.96. The normalized spacial score (nSPS) is 12.6.